The van der Waals surface area contributed by atoms with E-state index in [-0.39, 0.29) is 5.82 Å². The van der Waals surface area contributed by atoms with Crippen LogP contribution in [0.2, 0.25) is 0 Å². The van der Waals surface area contributed by atoms with Crippen molar-refractivity contribution < 1.29 is 4.39 Å². The fraction of sp³-hybridized carbons (Fsp3) is 0.357. The van der Waals surface area contributed by atoms with Crippen LogP contribution in [0.3, 0.4) is 0 Å². The van der Waals surface area contributed by atoms with Crippen LogP contribution >= 0.6 is 0 Å². The molecule has 2 N–H and O–H groups in total. The molecule has 0 radical (unpaired) electrons. The number of anilines is 1. The van der Waals surface area contributed by atoms with Crippen molar-refractivity contribution in [3.05, 3.63) is 35.4 Å². The molecule has 0 aliphatic heterocycles. The Hall–Kier alpha value is -1.84. The van der Waals surface area contributed by atoms with Crippen LogP contribution in [-0.4, -0.2) is 9.78 Å². The van der Waals surface area contributed by atoms with Gasteiger partial charge in [-0.1, -0.05) is 6.92 Å². The molecule has 0 amide bonds. The molecule has 0 bridgehead atoms. The van der Waals surface area contributed by atoms with Gasteiger partial charge >= 0.3 is 0 Å². The van der Waals surface area contributed by atoms with Crippen LogP contribution in [0.25, 0.3) is 11.1 Å². The topological polar surface area (TPSA) is 43.8 Å². The number of nitrogens with zero attached hydrogens (tertiary/aromatic N) is 2. The van der Waals surface area contributed by atoms with E-state index in [1.54, 1.807) is 12.1 Å². The third-order valence-corrected chi connectivity index (χ3v) is 3.08. The number of nitrogens with two attached hydrogens (primary N) is 1. The molecule has 1 heterocycles. The third-order valence-electron chi connectivity index (χ3n) is 3.08. The van der Waals surface area contributed by atoms with Gasteiger partial charge in [-0.05, 0) is 38.5 Å². The van der Waals surface area contributed by atoms with E-state index in [1.807, 2.05) is 18.5 Å². The van der Waals surface area contributed by atoms with E-state index in [0.29, 0.717) is 11.3 Å². The first kappa shape index (κ1) is 12.6. The summed E-state index contributed by atoms with van der Waals surface area (Å²) in [6, 6.07) is 4.64. The Bertz CT molecular complexity index is 573. The van der Waals surface area contributed by atoms with Gasteiger partial charge < -0.3 is 5.73 Å². The van der Waals surface area contributed by atoms with Gasteiger partial charge in [0.15, 0.2) is 0 Å². The van der Waals surface area contributed by atoms with E-state index < -0.39 is 0 Å². The van der Waals surface area contributed by atoms with Crippen molar-refractivity contribution in [1.82, 2.24) is 9.78 Å². The molecule has 0 unspecified atom stereocenters. The van der Waals surface area contributed by atoms with Gasteiger partial charge in [0, 0.05) is 29.1 Å². The van der Waals surface area contributed by atoms with Crippen molar-refractivity contribution in [2.75, 3.05) is 5.73 Å². The van der Waals surface area contributed by atoms with Gasteiger partial charge in [0.2, 0.25) is 0 Å². The molecular weight excluding hydrogens is 229 g/mol. The van der Waals surface area contributed by atoms with Crippen molar-refractivity contribution in [2.45, 2.75) is 33.7 Å². The quantitative estimate of drug-likeness (QED) is 0.846. The fourth-order valence-electron chi connectivity index (χ4n) is 2.25. The van der Waals surface area contributed by atoms with E-state index in [0.717, 1.165) is 29.9 Å². The zero-order valence-electron chi connectivity index (χ0n) is 11.0. The molecule has 0 spiro atoms. The second-order valence-corrected chi connectivity index (χ2v) is 4.51. The highest BCUT2D eigenvalue weighted by molar-refractivity contribution is 5.72. The van der Waals surface area contributed by atoms with Crippen molar-refractivity contribution in [3.63, 3.8) is 0 Å². The standard InChI is InChI=1S/C14H18FN3/c1-4-7-18-10(3)14(9(2)17-18)12-8-11(16)5-6-13(12)15/h5-6,8H,4,7,16H2,1-3H3. The summed E-state index contributed by atoms with van der Waals surface area (Å²) >= 11 is 0. The van der Waals surface area contributed by atoms with Crippen molar-refractivity contribution in [2.24, 2.45) is 0 Å². The molecule has 0 saturated heterocycles. The molecule has 4 heteroatoms. The normalized spacial score (nSPS) is 10.9. The van der Waals surface area contributed by atoms with Crippen LogP contribution in [0.5, 0.6) is 0 Å². The highest BCUT2D eigenvalue weighted by Gasteiger charge is 2.16. The summed E-state index contributed by atoms with van der Waals surface area (Å²) in [6.45, 7) is 6.80. The van der Waals surface area contributed by atoms with E-state index in [2.05, 4.69) is 12.0 Å². The predicted molar refractivity (Wildman–Crippen MR) is 71.8 cm³/mol. The Morgan fingerprint density at radius 2 is 2.06 bits per heavy atom. The summed E-state index contributed by atoms with van der Waals surface area (Å²) in [5.41, 5.74) is 9.51. The van der Waals surface area contributed by atoms with Crippen LogP contribution in [0.1, 0.15) is 24.7 Å². The molecule has 96 valence electrons. The van der Waals surface area contributed by atoms with E-state index >= 15 is 0 Å². The molecule has 18 heavy (non-hydrogen) atoms. The maximum Gasteiger partial charge on any atom is 0.131 e. The lowest BCUT2D eigenvalue weighted by Gasteiger charge is -2.06. The minimum absolute atomic E-state index is 0.258. The summed E-state index contributed by atoms with van der Waals surface area (Å²) in [7, 11) is 0. The van der Waals surface area contributed by atoms with Crippen LogP contribution in [-0.2, 0) is 6.54 Å². The lowest BCUT2D eigenvalue weighted by Crippen LogP contribution is -2.01. The smallest absolute Gasteiger partial charge is 0.131 e. The summed E-state index contributed by atoms with van der Waals surface area (Å²) in [5.74, 6) is -0.258. The maximum absolute atomic E-state index is 13.9. The van der Waals surface area contributed by atoms with Crippen molar-refractivity contribution in [3.8, 4) is 11.1 Å². The Kier molecular flexibility index (Phi) is 3.36. The minimum Gasteiger partial charge on any atom is -0.399 e. The largest absolute Gasteiger partial charge is 0.399 e. The van der Waals surface area contributed by atoms with Gasteiger partial charge in [-0.15, -0.1) is 0 Å². The van der Waals surface area contributed by atoms with E-state index in [9.17, 15) is 4.39 Å². The summed E-state index contributed by atoms with van der Waals surface area (Å²) < 4.78 is 15.8. The SMILES string of the molecule is CCCn1nc(C)c(-c2cc(N)ccc2F)c1C. The fourth-order valence-corrected chi connectivity index (χ4v) is 2.25. The minimum atomic E-state index is -0.258. The average molecular weight is 247 g/mol. The number of benzene rings is 1. The number of aromatic nitrogens is 2. The number of nitrogen functional groups attached to an aromatic ring is 1. The molecule has 1 aromatic heterocycles. The van der Waals surface area contributed by atoms with Crippen molar-refractivity contribution in [1.29, 1.82) is 0 Å². The Morgan fingerprint density at radius 3 is 2.72 bits per heavy atom. The van der Waals surface area contributed by atoms with Crippen LogP contribution in [0, 0.1) is 19.7 Å². The monoisotopic (exact) mass is 247 g/mol. The van der Waals surface area contributed by atoms with Gasteiger partial charge in [0.1, 0.15) is 5.82 Å². The van der Waals surface area contributed by atoms with Crippen LogP contribution in [0.4, 0.5) is 10.1 Å². The molecule has 0 aliphatic rings. The maximum atomic E-state index is 13.9. The number of aryl methyl sites for hydroxylation is 2. The second kappa shape index (κ2) is 4.80. The lowest BCUT2D eigenvalue weighted by atomic mass is 10.0. The molecule has 2 rings (SSSR count). The van der Waals surface area contributed by atoms with Crippen molar-refractivity contribution >= 4 is 5.69 Å². The highest BCUT2D eigenvalue weighted by Crippen LogP contribution is 2.30. The Balaban J connectivity index is 2.60. The zero-order chi connectivity index (χ0) is 13.3. The van der Waals surface area contributed by atoms with E-state index in [4.69, 9.17) is 5.73 Å². The van der Waals surface area contributed by atoms with Gasteiger partial charge in [-0.3, -0.25) is 4.68 Å². The van der Waals surface area contributed by atoms with Crippen LogP contribution < -0.4 is 5.73 Å². The molecule has 0 fully saturated rings. The first-order valence-electron chi connectivity index (χ1n) is 6.14. The molecule has 0 atom stereocenters. The van der Waals surface area contributed by atoms with Gasteiger partial charge in [0.05, 0.1) is 5.69 Å². The molecule has 1 aromatic carbocycles. The molecule has 0 aliphatic carbocycles. The van der Waals surface area contributed by atoms with Gasteiger partial charge in [0.25, 0.3) is 0 Å². The molecule has 2 aromatic rings. The number of halogens is 1. The van der Waals surface area contributed by atoms with Gasteiger partial charge in [-0.2, -0.15) is 5.10 Å². The third kappa shape index (κ3) is 2.10. The first-order chi connectivity index (χ1) is 8.54. The Morgan fingerprint density at radius 1 is 1.33 bits per heavy atom. The second-order valence-electron chi connectivity index (χ2n) is 4.51. The Labute approximate surface area is 106 Å². The number of rotatable bonds is 3. The summed E-state index contributed by atoms with van der Waals surface area (Å²) in [5, 5.41) is 4.46. The molecule has 0 saturated carbocycles. The summed E-state index contributed by atoms with van der Waals surface area (Å²) in [6.07, 6.45) is 1.00. The highest BCUT2D eigenvalue weighted by atomic mass is 19.1. The van der Waals surface area contributed by atoms with E-state index in [1.165, 1.54) is 6.07 Å². The zero-order valence-corrected chi connectivity index (χ0v) is 11.0. The summed E-state index contributed by atoms with van der Waals surface area (Å²) in [4.78, 5) is 0. The van der Waals surface area contributed by atoms with Crippen LogP contribution in [0.15, 0.2) is 18.2 Å². The predicted octanol–water partition coefficient (Wildman–Crippen LogP) is 3.30. The first-order valence-corrected chi connectivity index (χ1v) is 6.14. The number of hydrogen-bond donors (Lipinski definition) is 1. The lowest BCUT2D eigenvalue weighted by molar-refractivity contribution is 0.583. The average Bonchev–Trinajstić information content (AvgIpc) is 2.59. The number of hydrogen-bond acceptors (Lipinski definition) is 2. The van der Waals surface area contributed by atoms with Gasteiger partial charge in [-0.25, -0.2) is 4.39 Å². The molecular formula is C14H18FN3. The molecule has 3 nitrogen and oxygen atoms in total.